The fourth-order valence-electron chi connectivity index (χ4n) is 4.77. The molecule has 180 valence electrons. The summed E-state index contributed by atoms with van der Waals surface area (Å²) < 4.78 is 11.2. The van der Waals surface area contributed by atoms with E-state index in [1.165, 1.54) is 5.56 Å². The molecule has 5 heteroatoms. The van der Waals surface area contributed by atoms with Crippen LogP contribution in [-0.2, 0) is 16.8 Å². The molecular formula is C29H34ClNO3. The molecule has 1 aliphatic rings. The molecule has 1 heterocycles. The maximum Gasteiger partial charge on any atom is 0.119 e. The molecule has 0 radical (unpaired) electrons. The molecule has 4 nitrogen and oxygen atoms in total. The minimum Gasteiger partial charge on any atom is -0.494 e. The number of aliphatic hydroxyl groups is 1. The van der Waals surface area contributed by atoms with Gasteiger partial charge < -0.3 is 14.6 Å². The van der Waals surface area contributed by atoms with Gasteiger partial charge in [0.05, 0.1) is 25.4 Å². The second-order valence-corrected chi connectivity index (χ2v) is 9.32. The first-order chi connectivity index (χ1) is 16.6. The maximum absolute atomic E-state index is 12.5. The largest absolute Gasteiger partial charge is 0.494 e. The van der Waals surface area contributed by atoms with Crippen molar-refractivity contribution in [3.8, 4) is 5.75 Å². The van der Waals surface area contributed by atoms with Crippen molar-refractivity contribution < 1.29 is 14.6 Å². The van der Waals surface area contributed by atoms with Crippen LogP contribution in [0.2, 0.25) is 5.02 Å². The third kappa shape index (κ3) is 6.19. The van der Waals surface area contributed by atoms with Gasteiger partial charge >= 0.3 is 0 Å². The van der Waals surface area contributed by atoms with E-state index in [2.05, 4.69) is 41.3 Å². The number of hydrogen-bond donors (Lipinski definition) is 1. The van der Waals surface area contributed by atoms with Crippen molar-refractivity contribution in [2.75, 3.05) is 39.5 Å². The second-order valence-electron chi connectivity index (χ2n) is 8.88. The Balaban J connectivity index is 1.72. The van der Waals surface area contributed by atoms with Crippen LogP contribution in [0.3, 0.4) is 0 Å². The van der Waals surface area contributed by atoms with Gasteiger partial charge in [-0.2, -0.15) is 0 Å². The quantitative estimate of drug-likeness (QED) is 0.406. The lowest BCUT2D eigenvalue weighted by molar-refractivity contribution is -0.0279. The maximum atomic E-state index is 12.5. The van der Waals surface area contributed by atoms with Crippen LogP contribution in [-0.4, -0.2) is 49.5 Å². The van der Waals surface area contributed by atoms with Crippen molar-refractivity contribution in [1.29, 1.82) is 0 Å². The summed E-state index contributed by atoms with van der Waals surface area (Å²) in [5.74, 6) is 0.678. The highest BCUT2D eigenvalue weighted by Crippen LogP contribution is 2.42. The average Bonchev–Trinajstić information content (AvgIpc) is 2.88. The van der Waals surface area contributed by atoms with E-state index in [1.54, 1.807) is 0 Å². The van der Waals surface area contributed by atoms with Gasteiger partial charge in [0, 0.05) is 30.6 Å². The van der Waals surface area contributed by atoms with Gasteiger partial charge in [-0.3, -0.25) is 4.90 Å². The second kappa shape index (κ2) is 11.9. The molecule has 0 unspecified atom stereocenters. The number of rotatable bonds is 10. The summed E-state index contributed by atoms with van der Waals surface area (Å²) >= 11 is 6.22. The summed E-state index contributed by atoms with van der Waals surface area (Å²) in [6.45, 7) is 6.50. The van der Waals surface area contributed by atoms with Gasteiger partial charge in [0.25, 0.3) is 0 Å². The van der Waals surface area contributed by atoms with E-state index in [9.17, 15) is 5.11 Å². The average molecular weight is 480 g/mol. The Kier molecular flexibility index (Phi) is 8.63. The van der Waals surface area contributed by atoms with Gasteiger partial charge in [0.2, 0.25) is 0 Å². The molecule has 0 bridgehead atoms. The number of nitrogens with zero attached hydrogens (tertiary/aromatic N) is 1. The predicted molar refractivity (Wildman–Crippen MR) is 138 cm³/mol. The molecule has 3 aromatic carbocycles. The van der Waals surface area contributed by atoms with E-state index < -0.39 is 5.60 Å². The minimum absolute atomic E-state index is 0.135. The number of halogens is 1. The molecule has 34 heavy (non-hydrogen) atoms. The van der Waals surface area contributed by atoms with Crippen LogP contribution in [0.1, 0.15) is 36.0 Å². The lowest BCUT2D eigenvalue weighted by atomic mass is 9.73. The van der Waals surface area contributed by atoms with Crippen LogP contribution in [0, 0.1) is 0 Å². The molecule has 1 fully saturated rings. The highest BCUT2D eigenvalue weighted by molar-refractivity contribution is 6.30. The van der Waals surface area contributed by atoms with Gasteiger partial charge in [-0.05, 0) is 60.7 Å². The summed E-state index contributed by atoms with van der Waals surface area (Å²) in [5, 5.41) is 13.2. The zero-order valence-corrected chi connectivity index (χ0v) is 20.6. The Bertz CT molecular complexity index is 1000. The van der Waals surface area contributed by atoms with Crippen LogP contribution in [0.15, 0.2) is 78.9 Å². The van der Waals surface area contributed by atoms with Gasteiger partial charge in [-0.25, -0.2) is 0 Å². The van der Waals surface area contributed by atoms with Crippen molar-refractivity contribution in [3.05, 3.63) is 101 Å². The molecule has 0 saturated carbocycles. The Morgan fingerprint density at radius 1 is 0.971 bits per heavy atom. The van der Waals surface area contributed by atoms with Crippen LogP contribution in [0.5, 0.6) is 5.75 Å². The molecule has 0 amide bonds. The fraction of sp³-hybridized carbons (Fsp3) is 0.379. The number of benzene rings is 3. The highest BCUT2D eigenvalue weighted by Gasteiger charge is 2.40. The molecule has 2 atom stereocenters. The third-order valence-electron chi connectivity index (χ3n) is 6.70. The van der Waals surface area contributed by atoms with Crippen molar-refractivity contribution in [2.24, 2.45) is 0 Å². The summed E-state index contributed by atoms with van der Waals surface area (Å²) in [6.07, 6.45) is 1.38. The zero-order valence-electron chi connectivity index (χ0n) is 19.8. The van der Waals surface area contributed by atoms with E-state index in [-0.39, 0.29) is 5.92 Å². The first-order valence-electron chi connectivity index (χ1n) is 12.1. The predicted octanol–water partition coefficient (Wildman–Crippen LogP) is 5.68. The minimum atomic E-state index is -1.08. The number of ether oxygens (including phenoxy) is 2. The third-order valence-corrected chi connectivity index (χ3v) is 6.95. The molecule has 0 spiro atoms. The zero-order chi connectivity index (χ0) is 23.8. The highest BCUT2D eigenvalue weighted by atomic mass is 35.5. The number of hydrogen-bond acceptors (Lipinski definition) is 4. The van der Waals surface area contributed by atoms with Gasteiger partial charge in [-0.15, -0.1) is 0 Å². The Labute approximate surface area is 208 Å². The van der Waals surface area contributed by atoms with Crippen LogP contribution >= 0.6 is 11.6 Å². The van der Waals surface area contributed by atoms with Crippen LogP contribution in [0.25, 0.3) is 0 Å². The van der Waals surface area contributed by atoms with Gasteiger partial charge in [0.15, 0.2) is 0 Å². The Morgan fingerprint density at radius 3 is 2.29 bits per heavy atom. The monoisotopic (exact) mass is 479 g/mol. The van der Waals surface area contributed by atoms with E-state index in [0.717, 1.165) is 56.1 Å². The molecule has 4 rings (SSSR count). The SMILES string of the molecule is CCOc1ccc([C@](O)(CCc2ccccc2)[C@@H](CN2CCOCC2)c2ccc(Cl)cc2)cc1. The van der Waals surface area contributed by atoms with Crippen LogP contribution in [0.4, 0.5) is 0 Å². The van der Waals surface area contributed by atoms with E-state index in [1.807, 2.05) is 49.4 Å². The van der Waals surface area contributed by atoms with E-state index >= 15 is 0 Å². The van der Waals surface area contributed by atoms with Gasteiger partial charge in [-0.1, -0.05) is 66.2 Å². The molecule has 3 aromatic rings. The van der Waals surface area contributed by atoms with E-state index in [4.69, 9.17) is 21.1 Å². The van der Waals surface area contributed by atoms with Crippen molar-refractivity contribution in [1.82, 2.24) is 4.90 Å². The molecule has 1 saturated heterocycles. The standard InChI is InChI=1S/C29H34ClNO3/c1-2-34-27-14-10-25(11-15-27)29(32,17-16-23-6-4-3-5-7-23)28(22-31-18-20-33-21-19-31)24-8-12-26(30)13-9-24/h3-15,28,32H,2,16-22H2,1H3/t28-,29+/m0/s1. The van der Waals surface area contributed by atoms with Gasteiger partial charge in [0.1, 0.15) is 5.75 Å². The number of morpholine rings is 1. The normalized spacial score (nSPS) is 17.1. The molecule has 0 aliphatic carbocycles. The molecule has 1 aliphatic heterocycles. The van der Waals surface area contributed by atoms with Crippen LogP contribution < -0.4 is 4.74 Å². The van der Waals surface area contributed by atoms with Crippen molar-refractivity contribution >= 4 is 11.6 Å². The lowest BCUT2D eigenvalue weighted by Gasteiger charge is -2.41. The Hall–Kier alpha value is -2.37. The van der Waals surface area contributed by atoms with Crippen molar-refractivity contribution in [3.63, 3.8) is 0 Å². The molecule has 1 N–H and O–H groups in total. The smallest absolute Gasteiger partial charge is 0.119 e. The summed E-state index contributed by atoms with van der Waals surface area (Å²) in [6, 6.07) is 26.2. The summed E-state index contributed by atoms with van der Waals surface area (Å²) in [7, 11) is 0. The summed E-state index contributed by atoms with van der Waals surface area (Å²) in [4.78, 5) is 2.39. The fourth-order valence-corrected chi connectivity index (χ4v) is 4.90. The first-order valence-corrected chi connectivity index (χ1v) is 12.5. The molecule has 0 aromatic heterocycles. The molecular weight excluding hydrogens is 446 g/mol. The van der Waals surface area contributed by atoms with Crippen molar-refractivity contribution in [2.45, 2.75) is 31.3 Å². The van der Waals surface area contributed by atoms with E-state index in [0.29, 0.717) is 18.1 Å². The Morgan fingerprint density at radius 2 is 1.65 bits per heavy atom. The summed E-state index contributed by atoms with van der Waals surface area (Å²) in [5.41, 5.74) is 2.13. The topological polar surface area (TPSA) is 41.9 Å². The number of aryl methyl sites for hydroxylation is 1. The lowest BCUT2D eigenvalue weighted by Crippen LogP contribution is -2.45. The first kappa shape index (κ1) is 24.7.